The summed E-state index contributed by atoms with van der Waals surface area (Å²) >= 11 is 0. The zero-order valence-electron chi connectivity index (χ0n) is 12.0. The smallest absolute Gasteiger partial charge is 0.259 e. The van der Waals surface area contributed by atoms with E-state index in [1.54, 1.807) is 13.2 Å². The molecule has 20 heavy (non-hydrogen) atoms. The summed E-state index contributed by atoms with van der Waals surface area (Å²) < 4.78 is 5.27. The zero-order valence-corrected chi connectivity index (χ0v) is 12.0. The van der Waals surface area contributed by atoms with Crippen molar-refractivity contribution in [3.8, 4) is 0 Å². The minimum absolute atomic E-state index is 0.111. The Kier molecular flexibility index (Phi) is 3.01. The quantitative estimate of drug-likeness (QED) is 0.911. The molecule has 0 bridgehead atoms. The van der Waals surface area contributed by atoms with E-state index in [9.17, 15) is 4.79 Å². The van der Waals surface area contributed by atoms with Crippen molar-refractivity contribution in [1.29, 1.82) is 0 Å². The Morgan fingerprint density at radius 3 is 2.85 bits per heavy atom. The lowest BCUT2D eigenvalue weighted by Crippen LogP contribution is -2.14. The van der Waals surface area contributed by atoms with Gasteiger partial charge in [-0.25, -0.2) is 0 Å². The lowest BCUT2D eigenvalue weighted by Gasteiger charge is -2.12. The van der Waals surface area contributed by atoms with E-state index in [0.29, 0.717) is 11.3 Å². The molecule has 4 nitrogen and oxygen atoms in total. The van der Waals surface area contributed by atoms with Gasteiger partial charge < -0.3 is 14.6 Å². The average Bonchev–Trinajstić information content (AvgIpc) is 2.93. The van der Waals surface area contributed by atoms with Crippen molar-refractivity contribution in [1.82, 2.24) is 0 Å². The second-order valence-electron chi connectivity index (χ2n) is 5.32. The number of rotatable bonds is 2. The molecule has 1 aromatic heterocycles. The number of benzene rings is 1. The van der Waals surface area contributed by atoms with Crippen LogP contribution in [0.1, 0.15) is 27.2 Å². The summed E-state index contributed by atoms with van der Waals surface area (Å²) in [7, 11) is 2.09. The number of furan rings is 1. The van der Waals surface area contributed by atoms with Crippen molar-refractivity contribution in [2.24, 2.45) is 0 Å². The normalized spacial score (nSPS) is 13.4. The van der Waals surface area contributed by atoms with Crippen LogP contribution in [-0.4, -0.2) is 19.5 Å². The Bertz CT molecular complexity index is 654. The third-order valence-electron chi connectivity index (χ3n) is 3.85. The third kappa shape index (κ3) is 2.07. The summed E-state index contributed by atoms with van der Waals surface area (Å²) in [5, 5.41) is 2.95. The number of nitrogens with zero attached hydrogens (tertiary/aromatic N) is 1. The van der Waals surface area contributed by atoms with Gasteiger partial charge in [0.15, 0.2) is 0 Å². The van der Waals surface area contributed by atoms with Crippen LogP contribution in [0.4, 0.5) is 11.4 Å². The number of likely N-dealkylation sites (N-methyl/N-ethyl adjacent to an activating group) is 1. The highest BCUT2D eigenvalue weighted by atomic mass is 16.3. The minimum Gasteiger partial charge on any atom is -0.469 e. The lowest BCUT2D eigenvalue weighted by molar-refractivity contribution is 0.102. The van der Waals surface area contributed by atoms with Crippen LogP contribution in [-0.2, 0) is 6.42 Å². The van der Waals surface area contributed by atoms with E-state index in [2.05, 4.69) is 29.4 Å². The van der Waals surface area contributed by atoms with Crippen LogP contribution in [0.15, 0.2) is 28.9 Å². The van der Waals surface area contributed by atoms with Gasteiger partial charge in [0, 0.05) is 30.5 Å². The van der Waals surface area contributed by atoms with E-state index >= 15 is 0 Å². The van der Waals surface area contributed by atoms with Gasteiger partial charge in [-0.15, -0.1) is 0 Å². The maximum Gasteiger partial charge on any atom is 0.259 e. The Balaban J connectivity index is 1.84. The molecule has 2 heterocycles. The molecule has 0 radical (unpaired) electrons. The molecule has 0 unspecified atom stereocenters. The molecular weight excluding hydrogens is 252 g/mol. The molecule has 3 rings (SSSR count). The van der Waals surface area contributed by atoms with Crippen molar-refractivity contribution >= 4 is 17.3 Å². The first kappa shape index (κ1) is 12.8. The summed E-state index contributed by atoms with van der Waals surface area (Å²) in [6, 6.07) is 6.07. The van der Waals surface area contributed by atoms with Crippen LogP contribution in [0.25, 0.3) is 0 Å². The van der Waals surface area contributed by atoms with Crippen LogP contribution >= 0.6 is 0 Å². The molecule has 1 aliphatic rings. The fraction of sp³-hybridized carbons (Fsp3) is 0.312. The van der Waals surface area contributed by atoms with Crippen molar-refractivity contribution < 1.29 is 9.21 Å². The lowest BCUT2D eigenvalue weighted by atomic mass is 10.1. The molecule has 0 spiro atoms. The largest absolute Gasteiger partial charge is 0.469 e. The molecule has 0 saturated carbocycles. The van der Waals surface area contributed by atoms with E-state index in [1.165, 1.54) is 11.3 Å². The van der Waals surface area contributed by atoms with Gasteiger partial charge in [-0.2, -0.15) is 0 Å². The first-order valence-electron chi connectivity index (χ1n) is 6.76. The molecule has 0 atom stereocenters. The summed E-state index contributed by atoms with van der Waals surface area (Å²) in [6.07, 6.45) is 2.64. The maximum atomic E-state index is 12.3. The number of fused-ring (bicyclic) bond motifs is 1. The molecule has 0 fully saturated rings. The minimum atomic E-state index is -0.111. The zero-order chi connectivity index (χ0) is 14.3. The standard InChI is InChI=1S/C16H18N2O2/c1-10-9-20-11(2)15(10)16(19)17-13-4-5-14-12(8-13)6-7-18(14)3/h4-5,8-9H,6-7H2,1-3H3,(H,17,19). The summed E-state index contributed by atoms with van der Waals surface area (Å²) in [4.78, 5) is 14.5. The molecule has 1 amide bonds. The van der Waals surface area contributed by atoms with Crippen molar-refractivity contribution in [3.63, 3.8) is 0 Å². The van der Waals surface area contributed by atoms with E-state index in [0.717, 1.165) is 24.2 Å². The van der Waals surface area contributed by atoms with Crippen molar-refractivity contribution in [2.75, 3.05) is 23.8 Å². The first-order chi connectivity index (χ1) is 9.56. The van der Waals surface area contributed by atoms with Crippen molar-refractivity contribution in [2.45, 2.75) is 20.3 Å². The average molecular weight is 270 g/mol. The van der Waals surface area contributed by atoms with Gasteiger partial charge >= 0.3 is 0 Å². The highest BCUT2D eigenvalue weighted by Crippen LogP contribution is 2.29. The maximum absolute atomic E-state index is 12.3. The Morgan fingerprint density at radius 1 is 1.35 bits per heavy atom. The van der Waals surface area contributed by atoms with E-state index in [1.807, 2.05) is 13.0 Å². The Labute approximate surface area is 118 Å². The number of carbonyl (C=O) groups excluding carboxylic acids is 1. The van der Waals surface area contributed by atoms with Gasteiger partial charge in [0.25, 0.3) is 5.91 Å². The second kappa shape index (κ2) is 4.71. The number of aryl methyl sites for hydroxylation is 2. The van der Waals surface area contributed by atoms with Gasteiger partial charge in [-0.1, -0.05) is 0 Å². The van der Waals surface area contributed by atoms with Gasteiger partial charge in [0.1, 0.15) is 5.76 Å². The van der Waals surface area contributed by atoms with Crippen LogP contribution in [0.5, 0.6) is 0 Å². The highest BCUT2D eigenvalue weighted by molar-refractivity contribution is 6.06. The predicted molar refractivity (Wildman–Crippen MR) is 79.6 cm³/mol. The number of carbonyl (C=O) groups is 1. The molecule has 0 aliphatic carbocycles. The monoisotopic (exact) mass is 270 g/mol. The molecule has 1 N–H and O–H groups in total. The van der Waals surface area contributed by atoms with Gasteiger partial charge in [-0.3, -0.25) is 4.79 Å². The molecule has 1 aliphatic heterocycles. The number of hydrogen-bond donors (Lipinski definition) is 1. The van der Waals surface area contributed by atoms with E-state index in [-0.39, 0.29) is 5.91 Å². The number of hydrogen-bond acceptors (Lipinski definition) is 3. The van der Waals surface area contributed by atoms with Gasteiger partial charge in [-0.05, 0) is 44.0 Å². The van der Waals surface area contributed by atoms with Crippen LogP contribution < -0.4 is 10.2 Å². The predicted octanol–water partition coefficient (Wildman–Crippen LogP) is 3.14. The SMILES string of the molecule is Cc1coc(C)c1C(=O)Nc1ccc2c(c1)CCN2C. The topological polar surface area (TPSA) is 45.5 Å². The van der Waals surface area contributed by atoms with Crippen LogP contribution in [0.3, 0.4) is 0 Å². The number of anilines is 2. The molecular formula is C16H18N2O2. The Hall–Kier alpha value is -2.23. The third-order valence-corrected chi connectivity index (χ3v) is 3.85. The summed E-state index contributed by atoms with van der Waals surface area (Å²) in [5.74, 6) is 0.543. The fourth-order valence-electron chi connectivity index (χ4n) is 2.75. The number of nitrogens with one attached hydrogen (secondary N) is 1. The molecule has 1 aromatic carbocycles. The van der Waals surface area contributed by atoms with Crippen molar-refractivity contribution in [3.05, 3.63) is 46.9 Å². The molecule has 104 valence electrons. The van der Waals surface area contributed by atoms with Crippen LogP contribution in [0.2, 0.25) is 0 Å². The number of amides is 1. The van der Waals surface area contributed by atoms with E-state index < -0.39 is 0 Å². The first-order valence-corrected chi connectivity index (χ1v) is 6.76. The highest BCUT2D eigenvalue weighted by Gasteiger charge is 2.18. The van der Waals surface area contributed by atoms with Gasteiger partial charge in [0.05, 0.1) is 11.8 Å². The summed E-state index contributed by atoms with van der Waals surface area (Å²) in [6.45, 7) is 4.72. The second-order valence-corrected chi connectivity index (χ2v) is 5.32. The fourth-order valence-corrected chi connectivity index (χ4v) is 2.75. The molecule has 2 aromatic rings. The molecule has 4 heteroatoms. The van der Waals surface area contributed by atoms with Crippen LogP contribution in [0, 0.1) is 13.8 Å². The van der Waals surface area contributed by atoms with E-state index in [4.69, 9.17) is 4.42 Å². The summed E-state index contributed by atoms with van der Waals surface area (Å²) in [5.41, 5.74) is 4.86. The van der Waals surface area contributed by atoms with Gasteiger partial charge in [0.2, 0.25) is 0 Å². The Morgan fingerprint density at radius 2 is 2.15 bits per heavy atom. The molecule has 0 saturated heterocycles.